The van der Waals surface area contributed by atoms with E-state index in [9.17, 15) is 0 Å². The topological polar surface area (TPSA) is 21.3 Å². The summed E-state index contributed by atoms with van der Waals surface area (Å²) < 4.78 is 5.52. The number of nitrogens with one attached hydrogen (secondary N) is 1. The molecule has 1 heterocycles. The predicted molar refractivity (Wildman–Crippen MR) is 66.1 cm³/mol. The zero-order valence-electron chi connectivity index (χ0n) is 9.73. The molecule has 1 aliphatic rings. The lowest BCUT2D eigenvalue weighted by atomic mass is 10.1. The average molecular weight is 217 g/mol. The van der Waals surface area contributed by atoms with Gasteiger partial charge in [0, 0.05) is 12.6 Å². The fourth-order valence-corrected chi connectivity index (χ4v) is 1.90. The number of ether oxygens (including phenoxy) is 1. The van der Waals surface area contributed by atoms with Crippen LogP contribution in [0.1, 0.15) is 31.4 Å². The van der Waals surface area contributed by atoms with Crippen LogP contribution in [0.4, 0.5) is 0 Å². The maximum Gasteiger partial charge on any atom is 0.110 e. The number of rotatable bonds is 4. The van der Waals surface area contributed by atoms with Gasteiger partial charge < -0.3 is 10.1 Å². The van der Waals surface area contributed by atoms with E-state index in [4.69, 9.17) is 4.74 Å². The Bertz CT molecular complexity index is 334. The second kappa shape index (κ2) is 5.71. The summed E-state index contributed by atoms with van der Waals surface area (Å²) in [4.78, 5) is 0. The Morgan fingerprint density at radius 3 is 2.88 bits per heavy atom. The summed E-state index contributed by atoms with van der Waals surface area (Å²) in [6, 6.07) is 10.9. The molecule has 0 aromatic heterocycles. The molecule has 86 valence electrons. The van der Waals surface area contributed by atoms with Crippen LogP contribution < -0.4 is 5.32 Å². The summed E-state index contributed by atoms with van der Waals surface area (Å²) in [6.45, 7) is 3.11. The zero-order chi connectivity index (χ0) is 11.2. The molecular formula is C14H19NO. The summed E-state index contributed by atoms with van der Waals surface area (Å²) in [5.41, 5.74) is 1.33. The van der Waals surface area contributed by atoms with E-state index in [1.807, 2.05) is 12.3 Å². The van der Waals surface area contributed by atoms with Crippen LogP contribution in [0.5, 0.6) is 0 Å². The van der Waals surface area contributed by atoms with E-state index < -0.39 is 0 Å². The summed E-state index contributed by atoms with van der Waals surface area (Å²) in [5.74, 6) is 0. The molecule has 0 saturated carbocycles. The lowest BCUT2D eigenvalue weighted by Gasteiger charge is -2.22. The summed E-state index contributed by atoms with van der Waals surface area (Å²) in [7, 11) is 0. The van der Waals surface area contributed by atoms with Crippen LogP contribution in [-0.2, 0) is 4.74 Å². The van der Waals surface area contributed by atoms with E-state index >= 15 is 0 Å². The molecular weight excluding hydrogens is 198 g/mol. The Kier molecular flexibility index (Phi) is 4.00. The summed E-state index contributed by atoms with van der Waals surface area (Å²) in [6.07, 6.45) is 6.48. The first-order valence-electron chi connectivity index (χ1n) is 5.95. The standard InChI is InChI=1S/C14H19NO/c1-12(13-7-3-2-4-8-13)15-11-14-9-5-6-10-16-14/h2-4,6-8,10,12,14-15H,5,9,11H2,1H3. The molecule has 1 N–H and O–H groups in total. The molecule has 2 rings (SSSR count). The van der Waals surface area contributed by atoms with Gasteiger partial charge in [-0.3, -0.25) is 0 Å². The van der Waals surface area contributed by atoms with Gasteiger partial charge in [-0.2, -0.15) is 0 Å². The quantitative estimate of drug-likeness (QED) is 0.837. The summed E-state index contributed by atoms with van der Waals surface area (Å²) in [5, 5.41) is 3.51. The van der Waals surface area contributed by atoms with E-state index in [2.05, 4.69) is 42.6 Å². The Labute approximate surface area is 97.3 Å². The minimum atomic E-state index is 0.330. The van der Waals surface area contributed by atoms with E-state index in [0.29, 0.717) is 12.1 Å². The smallest absolute Gasteiger partial charge is 0.110 e. The fraction of sp³-hybridized carbons (Fsp3) is 0.429. The molecule has 1 aliphatic heterocycles. The van der Waals surface area contributed by atoms with Crippen LogP contribution in [0, 0.1) is 0 Å². The molecule has 0 saturated heterocycles. The monoisotopic (exact) mass is 217 g/mol. The van der Waals surface area contributed by atoms with Crippen molar-refractivity contribution in [3.05, 3.63) is 48.2 Å². The van der Waals surface area contributed by atoms with Crippen molar-refractivity contribution in [2.45, 2.75) is 31.9 Å². The molecule has 2 unspecified atom stereocenters. The fourth-order valence-electron chi connectivity index (χ4n) is 1.90. The van der Waals surface area contributed by atoms with Crippen LogP contribution in [0.25, 0.3) is 0 Å². The van der Waals surface area contributed by atoms with Crippen LogP contribution in [0.15, 0.2) is 42.7 Å². The van der Waals surface area contributed by atoms with Crippen LogP contribution >= 0.6 is 0 Å². The molecule has 0 radical (unpaired) electrons. The minimum Gasteiger partial charge on any atom is -0.497 e. The highest BCUT2D eigenvalue weighted by Gasteiger charge is 2.12. The van der Waals surface area contributed by atoms with Gasteiger partial charge in [-0.25, -0.2) is 0 Å². The van der Waals surface area contributed by atoms with Gasteiger partial charge in [-0.15, -0.1) is 0 Å². The molecule has 0 spiro atoms. The molecule has 2 atom stereocenters. The number of allylic oxidation sites excluding steroid dienone is 1. The van der Waals surface area contributed by atoms with Crippen molar-refractivity contribution >= 4 is 0 Å². The van der Waals surface area contributed by atoms with Gasteiger partial charge in [-0.1, -0.05) is 30.3 Å². The van der Waals surface area contributed by atoms with Gasteiger partial charge in [0.2, 0.25) is 0 Å². The van der Waals surface area contributed by atoms with Gasteiger partial charge in [0.1, 0.15) is 6.10 Å². The largest absolute Gasteiger partial charge is 0.497 e. The highest BCUT2D eigenvalue weighted by molar-refractivity contribution is 5.18. The molecule has 16 heavy (non-hydrogen) atoms. The third kappa shape index (κ3) is 3.11. The molecule has 0 amide bonds. The van der Waals surface area contributed by atoms with Gasteiger partial charge in [0.05, 0.1) is 6.26 Å². The first-order valence-corrected chi connectivity index (χ1v) is 5.95. The number of hydrogen-bond acceptors (Lipinski definition) is 2. The van der Waals surface area contributed by atoms with E-state index in [1.54, 1.807) is 0 Å². The van der Waals surface area contributed by atoms with Crippen LogP contribution in [0.3, 0.4) is 0 Å². The molecule has 0 aliphatic carbocycles. The molecule has 2 nitrogen and oxygen atoms in total. The lowest BCUT2D eigenvalue weighted by molar-refractivity contribution is 0.120. The van der Waals surface area contributed by atoms with Crippen molar-refractivity contribution in [1.29, 1.82) is 0 Å². The third-order valence-corrected chi connectivity index (χ3v) is 2.97. The lowest BCUT2D eigenvalue weighted by Crippen LogP contribution is -2.30. The Balaban J connectivity index is 1.79. The van der Waals surface area contributed by atoms with Crippen molar-refractivity contribution < 1.29 is 4.74 Å². The average Bonchev–Trinajstić information content (AvgIpc) is 2.38. The first kappa shape index (κ1) is 11.2. The molecule has 1 aromatic rings. The van der Waals surface area contributed by atoms with E-state index in [0.717, 1.165) is 19.4 Å². The van der Waals surface area contributed by atoms with Crippen molar-refractivity contribution in [3.8, 4) is 0 Å². The van der Waals surface area contributed by atoms with Gasteiger partial charge in [0.25, 0.3) is 0 Å². The van der Waals surface area contributed by atoms with Crippen LogP contribution in [-0.4, -0.2) is 12.6 Å². The van der Waals surface area contributed by atoms with E-state index in [-0.39, 0.29) is 0 Å². The van der Waals surface area contributed by atoms with Gasteiger partial charge in [0.15, 0.2) is 0 Å². The highest BCUT2D eigenvalue weighted by Crippen LogP contribution is 2.13. The highest BCUT2D eigenvalue weighted by atomic mass is 16.5. The second-order valence-corrected chi connectivity index (χ2v) is 4.25. The van der Waals surface area contributed by atoms with Crippen molar-refractivity contribution in [3.63, 3.8) is 0 Å². The predicted octanol–water partition coefficient (Wildman–Crippen LogP) is 3.03. The molecule has 2 heteroatoms. The number of hydrogen-bond donors (Lipinski definition) is 1. The van der Waals surface area contributed by atoms with Crippen molar-refractivity contribution in [1.82, 2.24) is 5.32 Å². The second-order valence-electron chi connectivity index (χ2n) is 4.25. The van der Waals surface area contributed by atoms with Gasteiger partial charge in [-0.05, 0) is 31.4 Å². The van der Waals surface area contributed by atoms with Crippen molar-refractivity contribution in [2.75, 3.05) is 6.54 Å². The Morgan fingerprint density at radius 2 is 2.19 bits per heavy atom. The van der Waals surface area contributed by atoms with Crippen LogP contribution in [0.2, 0.25) is 0 Å². The zero-order valence-corrected chi connectivity index (χ0v) is 9.73. The molecule has 0 fully saturated rings. The normalized spacial score (nSPS) is 21.4. The summed E-state index contributed by atoms with van der Waals surface area (Å²) >= 11 is 0. The molecule has 1 aromatic carbocycles. The first-order chi connectivity index (χ1) is 7.86. The van der Waals surface area contributed by atoms with E-state index in [1.165, 1.54) is 5.56 Å². The Morgan fingerprint density at radius 1 is 1.38 bits per heavy atom. The third-order valence-electron chi connectivity index (χ3n) is 2.97. The maximum atomic E-state index is 5.52. The van der Waals surface area contributed by atoms with Crippen molar-refractivity contribution in [2.24, 2.45) is 0 Å². The van der Waals surface area contributed by atoms with Gasteiger partial charge >= 0.3 is 0 Å². The Hall–Kier alpha value is -1.28. The SMILES string of the molecule is CC(NCC1CCC=CO1)c1ccccc1. The molecule has 0 bridgehead atoms. The number of benzene rings is 1. The maximum absolute atomic E-state index is 5.52. The minimum absolute atomic E-state index is 0.330.